The van der Waals surface area contributed by atoms with E-state index in [4.69, 9.17) is 4.74 Å². The number of aromatic nitrogens is 1. The molecule has 0 radical (unpaired) electrons. The number of thiazole rings is 1. The van der Waals surface area contributed by atoms with Crippen molar-refractivity contribution in [3.63, 3.8) is 0 Å². The van der Waals surface area contributed by atoms with Crippen LogP contribution < -0.4 is 19.8 Å². The van der Waals surface area contributed by atoms with Crippen molar-refractivity contribution in [1.82, 2.24) is 4.98 Å². The standard InChI is InChI=1S/C34H25BrF3N3O5S2/c35-16-7-9-17(10-8-16)41-31(43)26-19-13-20(27(26)32(41)44)28-25(19)24(29-30(47-28)40-33(45)48-29)15-5-11-18(12-6-15)46-14-23(42)39-22-4-2-1-3-21(22)34(36,37)38/h1-12,19-20,24-28H,13-14H2,(H,39,42)(H,40,45)/t19-,20-,24+,25-,26+,27+,28-/m1/s1. The van der Waals surface area contributed by atoms with Crippen LogP contribution in [0.25, 0.3) is 0 Å². The average Bonchev–Trinajstić information content (AvgIpc) is 3.79. The summed E-state index contributed by atoms with van der Waals surface area (Å²) in [5, 5.41) is 3.09. The second kappa shape index (κ2) is 11.6. The average molecular weight is 757 g/mol. The number of amides is 3. The molecule has 0 unspecified atom stereocenters. The van der Waals surface area contributed by atoms with Gasteiger partial charge < -0.3 is 15.0 Å². The van der Waals surface area contributed by atoms with Crippen molar-refractivity contribution in [2.45, 2.75) is 28.8 Å². The van der Waals surface area contributed by atoms with Gasteiger partial charge in [0.1, 0.15) is 5.75 Å². The molecule has 2 aliphatic carbocycles. The Labute approximate surface area is 288 Å². The summed E-state index contributed by atoms with van der Waals surface area (Å²) < 4.78 is 46.5. The lowest BCUT2D eigenvalue weighted by molar-refractivity contribution is -0.137. The summed E-state index contributed by atoms with van der Waals surface area (Å²) in [5.41, 5.74) is 0.167. The van der Waals surface area contributed by atoms with Gasteiger partial charge in [0.25, 0.3) is 5.91 Å². The number of H-pyrrole nitrogens is 1. The van der Waals surface area contributed by atoms with Crippen molar-refractivity contribution >= 4 is 68.1 Å². The molecule has 2 bridgehead atoms. The van der Waals surface area contributed by atoms with Crippen molar-refractivity contribution in [2.75, 3.05) is 16.8 Å². The highest BCUT2D eigenvalue weighted by molar-refractivity contribution is 9.10. The monoisotopic (exact) mass is 755 g/mol. The largest absolute Gasteiger partial charge is 0.484 e. The molecule has 14 heteroatoms. The molecule has 8 nitrogen and oxygen atoms in total. The molecule has 0 spiro atoms. The molecule has 2 aliphatic heterocycles. The molecular weight excluding hydrogens is 731 g/mol. The Balaban J connectivity index is 1.03. The summed E-state index contributed by atoms with van der Waals surface area (Å²) in [6, 6.07) is 19.0. The lowest BCUT2D eigenvalue weighted by Gasteiger charge is -2.43. The van der Waals surface area contributed by atoms with E-state index in [9.17, 15) is 32.3 Å². The van der Waals surface area contributed by atoms with Crippen molar-refractivity contribution in [2.24, 2.45) is 29.6 Å². The van der Waals surface area contributed by atoms with Crippen molar-refractivity contribution in [3.8, 4) is 5.75 Å². The first-order valence-corrected chi connectivity index (χ1v) is 17.7. The number of thioether (sulfide) groups is 1. The molecule has 4 aromatic rings. The van der Waals surface area contributed by atoms with Crippen LogP contribution in [-0.4, -0.2) is 34.6 Å². The van der Waals surface area contributed by atoms with Crippen molar-refractivity contribution < 1.29 is 32.3 Å². The first kappa shape index (κ1) is 31.4. The van der Waals surface area contributed by atoms with E-state index in [1.807, 2.05) is 24.3 Å². The summed E-state index contributed by atoms with van der Waals surface area (Å²) >= 11 is 6.17. The predicted octanol–water partition coefficient (Wildman–Crippen LogP) is 6.91. The number of nitrogens with zero attached hydrogens (tertiary/aromatic N) is 1. The highest BCUT2D eigenvalue weighted by Gasteiger charge is 2.69. The maximum atomic E-state index is 13.9. The Hall–Kier alpha value is -3.88. The number of benzene rings is 3. The van der Waals surface area contributed by atoms with E-state index in [0.29, 0.717) is 11.4 Å². The van der Waals surface area contributed by atoms with Gasteiger partial charge in [0.2, 0.25) is 11.8 Å². The maximum absolute atomic E-state index is 13.9. The summed E-state index contributed by atoms with van der Waals surface area (Å²) in [5.74, 6) is -1.83. The molecule has 2 N–H and O–H groups in total. The van der Waals surface area contributed by atoms with Gasteiger partial charge >= 0.3 is 11.0 Å². The second-order valence-corrected chi connectivity index (χ2v) is 15.5. The molecular formula is C34H25BrF3N3O5S2. The van der Waals surface area contributed by atoms with Gasteiger partial charge in [0, 0.05) is 20.5 Å². The topological polar surface area (TPSA) is 109 Å². The van der Waals surface area contributed by atoms with Crippen LogP contribution in [0.4, 0.5) is 24.5 Å². The zero-order chi connectivity index (χ0) is 33.5. The Kier molecular flexibility index (Phi) is 7.60. The zero-order valence-corrected chi connectivity index (χ0v) is 27.9. The number of anilines is 2. The van der Waals surface area contributed by atoms with Crippen LogP contribution in [0.15, 0.2) is 87.1 Å². The Morgan fingerprint density at radius 3 is 2.35 bits per heavy atom. The van der Waals surface area contributed by atoms with E-state index in [1.165, 1.54) is 23.1 Å². The van der Waals surface area contributed by atoms with E-state index in [-0.39, 0.29) is 51.3 Å². The zero-order valence-electron chi connectivity index (χ0n) is 24.7. The Morgan fingerprint density at radius 1 is 0.958 bits per heavy atom. The number of carbonyl (C=O) groups excluding carboxylic acids is 3. The quantitative estimate of drug-likeness (QED) is 0.207. The number of ether oxygens (including phenoxy) is 1. The Morgan fingerprint density at radius 2 is 1.65 bits per heavy atom. The molecule has 7 atom stereocenters. The van der Waals surface area contributed by atoms with Gasteiger partial charge in [-0.1, -0.05) is 51.5 Å². The van der Waals surface area contributed by atoms with E-state index < -0.39 is 36.1 Å². The van der Waals surface area contributed by atoms with Crippen LogP contribution in [-0.2, 0) is 20.6 Å². The normalized spacial score (nSPS) is 27.1. The summed E-state index contributed by atoms with van der Waals surface area (Å²) in [4.78, 5) is 57.8. The van der Waals surface area contributed by atoms with E-state index >= 15 is 0 Å². The molecule has 4 aliphatic rings. The van der Waals surface area contributed by atoms with Gasteiger partial charge in [-0.3, -0.25) is 24.1 Å². The van der Waals surface area contributed by atoms with E-state index in [1.54, 1.807) is 36.0 Å². The molecule has 3 aromatic carbocycles. The molecule has 2 saturated carbocycles. The fraction of sp³-hybridized carbons (Fsp3) is 0.294. The van der Waals surface area contributed by atoms with E-state index in [2.05, 4.69) is 26.2 Å². The third-order valence-corrected chi connectivity index (χ3v) is 13.0. The number of fused-ring (bicyclic) bond motifs is 9. The number of para-hydroxylation sites is 1. The molecule has 8 rings (SSSR count). The smallest absolute Gasteiger partial charge is 0.418 e. The van der Waals surface area contributed by atoms with Gasteiger partial charge in [0.05, 0.1) is 33.8 Å². The third kappa shape index (κ3) is 5.10. The number of hydrogen-bond acceptors (Lipinski definition) is 7. The minimum atomic E-state index is -4.62. The lowest BCUT2D eigenvalue weighted by atomic mass is 9.68. The van der Waals surface area contributed by atoms with Crippen LogP contribution in [0.5, 0.6) is 5.75 Å². The van der Waals surface area contributed by atoms with E-state index in [0.717, 1.165) is 43.8 Å². The maximum Gasteiger partial charge on any atom is 0.418 e. The van der Waals surface area contributed by atoms with Gasteiger partial charge in [-0.2, -0.15) is 13.2 Å². The molecule has 1 saturated heterocycles. The molecule has 3 heterocycles. The fourth-order valence-electron chi connectivity index (χ4n) is 8.18. The number of aromatic amines is 1. The van der Waals surface area contributed by atoms with Gasteiger partial charge in [-0.15, -0.1) is 11.8 Å². The molecule has 3 amide bonds. The number of carbonyl (C=O) groups is 3. The fourth-order valence-corrected chi connectivity index (χ4v) is 11.3. The number of alkyl halides is 3. The first-order valence-electron chi connectivity index (χ1n) is 15.2. The van der Waals surface area contributed by atoms with Gasteiger partial charge in [0.15, 0.2) is 6.61 Å². The van der Waals surface area contributed by atoms with Crippen molar-refractivity contribution in [3.05, 3.63) is 103 Å². The summed E-state index contributed by atoms with van der Waals surface area (Å²) in [7, 11) is 0. The summed E-state index contributed by atoms with van der Waals surface area (Å²) in [6.07, 6.45) is -3.86. The van der Waals surface area contributed by atoms with Crippen molar-refractivity contribution in [1.29, 1.82) is 0 Å². The van der Waals surface area contributed by atoms with Crippen LogP contribution in [0.3, 0.4) is 0 Å². The lowest BCUT2D eigenvalue weighted by Crippen LogP contribution is -2.42. The number of imide groups is 1. The van der Waals surface area contributed by atoms with Gasteiger partial charge in [-0.25, -0.2) is 0 Å². The third-order valence-electron chi connectivity index (χ3n) is 9.92. The highest BCUT2D eigenvalue weighted by atomic mass is 79.9. The van der Waals surface area contributed by atoms with Crippen LogP contribution in [0.1, 0.15) is 28.3 Å². The minimum Gasteiger partial charge on any atom is -0.484 e. The number of rotatable bonds is 6. The Bertz CT molecular complexity index is 2020. The molecule has 3 fully saturated rings. The van der Waals surface area contributed by atoms with Crippen LogP contribution >= 0.6 is 39.0 Å². The number of hydrogen-bond donors (Lipinski definition) is 2. The minimum absolute atomic E-state index is 0.00747. The summed E-state index contributed by atoms with van der Waals surface area (Å²) in [6.45, 7) is -0.502. The first-order chi connectivity index (χ1) is 23.0. The SMILES string of the molecule is O=C(COc1ccc([C@@H]2c3sc(=O)[nH]c3S[C@@H]3[C@@H]4C[C@@H]([C@@H]5C(=O)N(c6ccc(Br)cc6)C(=O)[C@@H]45)[C@H]23)cc1)Nc1ccccc1C(F)(F)F. The number of nitrogens with one attached hydrogen (secondary N) is 2. The van der Waals surface area contributed by atoms with Gasteiger partial charge in [-0.05, 0) is 78.3 Å². The van der Waals surface area contributed by atoms with Crippen LogP contribution in [0.2, 0.25) is 0 Å². The molecule has 246 valence electrons. The highest BCUT2D eigenvalue weighted by Crippen LogP contribution is 2.68. The second-order valence-electron chi connectivity index (χ2n) is 12.4. The number of halogens is 4. The molecule has 1 aromatic heterocycles. The van der Waals surface area contributed by atoms with Crippen LogP contribution in [0, 0.1) is 29.6 Å². The predicted molar refractivity (Wildman–Crippen MR) is 177 cm³/mol. The molecule has 48 heavy (non-hydrogen) atoms.